The summed E-state index contributed by atoms with van der Waals surface area (Å²) in [7, 11) is 0. The Morgan fingerprint density at radius 2 is 1.90 bits per heavy atom. The lowest BCUT2D eigenvalue weighted by Gasteiger charge is -2.13. The molecule has 21 heavy (non-hydrogen) atoms. The lowest BCUT2D eigenvalue weighted by atomic mass is 10.2. The van der Waals surface area contributed by atoms with Gasteiger partial charge in [0, 0.05) is 27.1 Å². The summed E-state index contributed by atoms with van der Waals surface area (Å²) in [5.74, 6) is 0.849. The van der Waals surface area contributed by atoms with Gasteiger partial charge in [0.1, 0.15) is 17.3 Å². The topological polar surface area (TPSA) is 21.3 Å². The van der Waals surface area contributed by atoms with Gasteiger partial charge in [-0.1, -0.05) is 44.8 Å². The molecule has 0 heterocycles. The molecule has 0 spiro atoms. The minimum atomic E-state index is -0.333. The molecule has 5 heteroatoms. The molecule has 0 aliphatic rings. The fourth-order valence-corrected chi connectivity index (χ4v) is 2.67. The molecule has 0 amide bonds. The van der Waals surface area contributed by atoms with Crippen molar-refractivity contribution in [2.45, 2.75) is 19.9 Å². The third-order valence-electron chi connectivity index (χ3n) is 2.84. The van der Waals surface area contributed by atoms with Crippen LogP contribution in [0.5, 0.6) is 11.5 Å². The predicted octanol–water partition coefficient (Wildman–Crippen LogP) is 5.64. The molecule has 0 saturated heterocycles. The van der Waals surface area contributed by atoms with Gasteiger partial charge in [0.15, 0.2) is 0 Å². The Morgan fingerprint density at radius 1 is 1.10 bits per heavy atom. The standard InChI is InChI=1S/C16H16Br2FNO/c1-2-5-20-10-11-3-4-12(17)8-16(11)21-15-7-13(18)6-14(19)9-15/h3-4,6-9,20H,2,5,10H2,1H3. The highest BCUT2D eigenvalue weighted by Crippen LogP contribution is 2.30. The zero-order valence-electron chi connectivity index (χ0n) is 11.6. The van der Waals surface area contributed by atoms with Crippen LogP contribution < -0.4 is 10.1 Å². The minimum absolute atomic E-state index is 0.333. The quantitative estimate of drug-likeness (QED) is 0.615. The molecule has 2 aromatic carbocycles. The second-order valence-electron chi connectivity index (χ2n) is 4.64. The first-order chi connectivity index (χ1) is 10.1. The van der Waals surface area contributed by atoms with Crippen LogP contribution in [0.4, 0.5) is 4.39 Å². The van der Waals surface area contributed by atoms with E-state index in [0.717, 1.165) is 23.0 Å². The number of benzene rings is 2. The predicted molar refractivity (Wildman–Crippen MR) is 90.3 cm³/mol. The van der Waals surface area contributed by atoms with Gasteiger partial charge in [0.2, 0.25) is 0 Å². The van der Waals surface area contributed by atoms with Crippen LogP contribution in [0.2, 0.25) is 0 Å². The van der Waals surface area contributed by atoms with E-state index in [1.807, 2.05) is 18.2 Å². The van der Waals surface area contributed by atoms with Crippen LogP contribution in [0.15, 0.2) is 45.3 Å². The summed E-state index contributed by atoms with van der Waals surface area (Å²) < 4.78 is 20.8. The average Bonchev–Trinajstić information content (AvgIpc) is 2.40. The lowest BCUT2D eigenvalue weighted by Crippen LogP contribution is -2.14. The summed E-state index contributed by atoms with van der Waals surface area (Å²) in [5, 5.41) is 3.34. The van der Waals surface area contributed by atoms with Crippen molar-refractivity contribution in [2.75, 3.05) is 6.54 Å². The van der Waals surface area contributed by atoms with E-state index in [1.54, 1.807) is 6.07 Å². The van der Waals surface area contributed by atoms with Gasteiger partial charge in [-0.3, -0.25) is 0 Å². The maximum Gasteiger partial charge on any atom is 0.133 e. The number of hydrogen-bond acceptors (Lipinski definition) is 2. The van der Waals surface area contributed by atoms with E-state index in [2.05, 4.69) is 44.1 Å². The summed E-state index contributed by atoms with van der Waals surface area (Å²) in [6, 6.07) is 10.4. The highest BCUT2D eigenvalue weighted by molar-refractivity contribution is 9.10. The van der Waals surface area contributed by atoms with Gasteiger partial charge in [-0.2, -0.15) is 0 Å². The first kappa shape index (κ1) is 16.5. The van der Waals surface area contributed by atoms with E-state index in [-0.39, 0.29) is 5.82 Å². The van der Waals surface area contributed by atoms with Gasteiger partial charge < -0.3 is 10.1 Å². The van der Waals surface area contributed by atoms with Crippen LogP contribution in [0, 0.1) is 5.82 Å². The molecule has 0 aromatic heterocycles. The number of rotatable bonds is 6. The highest BCUT2D eigenvalue weighted by atomic mass is 79.9. The Bertz CT molecular complexity index is 599. The molecule has 2 aromatic rings. The second kappa shape index (κ2) is 7.92. The van der Waals surface area contributed by atoms with Gasteiger partial charge in [-0.25, -0.2) is 4.39 Å². The molecule has 0 atom stereocenters. The summed E-state index contributed by atoms with van der Waals surface area (Å²) in [5.41, 5.74) is 1.03. The summed E-state index contributed by atoms with van der Waals surface area (Å²) in [4.78, 5) is 0. The maximum absolute atomic E-state index is 13.4. The molecule has 0 unspecified atom stereocenters. The van der Waals surface area contributed by atoms with E-state index >= 15 is 0 Å². The second-order valence-corrected chi connectivity index (χ2v) is 6.47. The van der Waals surface area contributed by atoms with Gasteiger partial charge in [-0.15, -0.1) is 0 Å². The first-order valence-electron chi connectivity index (χ1n) is 6.71. The Balaban J connectivity index is 2.22. The van der Waals surface area contributed by atoms with Gasteiger partial charge in [0.25, 0.3) is 0 Å². The molecule has 0 saturated carbocycles. The molecule has 0 radical (unpaired) electrons. The van der Waals surface area contributed by atoms with Crippen molar-refractivity contribution in [2.24, 2.45) is 0 Å². The van der Waals surface area contributed by atoms with Gasteiger partial charge in [0.05, 0.1) is 0 Å². The molecule has 2 rings (SSSR count). The lowest BCUT2D eigenvalue weighted by molar-refractivity contribution is 0.466. The fraction of sp³-hybridized carbons (Fsp3) is 0.250. The van der Waals surface area contributed by atoms with Gasteiger partial charge in [-0.05, 0) is 37.2 Å². The summed E-state index contributed by atoms with van der Waals surface area (Å²) in [6.07, 6.45) is 1.07. The Morgan fingerprint density at radius 3 is 2.62 bits per heavy atom. The number of nitrogens with one attached hydrogen (secondary N) is 1. The fourth-order valence-electron chi connectivity index (χ4n) is 1.88. The van der Waals surface area contributed by atoms with E-state index < -0.39 is 0 Å². The SMILES string of the molecule is CCCNCc1ccc(Br)cc1Oc1cc(F)cc(Br)c1. The number of hydrogen-bond donors (Lipinski definition) is 1. The van der Waals surface area contributed by atoms with E-state index in [9.17, 15) is 4.39 Å². The van der Waals surface area contributed by atoms with Crippen molar-refractivity contribution >= 4 is 31.9 Å². The van der Waals surface area contributed by atoms with Crippen molar-refractivity contribution in [1.82, 2.24) is 5.32 Å². The zero-order chi connectivity index (χ0) is 15.2. The molecule has 0 fully saturated rings. The van der Waals surface area contributed by atoms with Crippen LogP contribution in [0.3, 0.4) is 0 Å². The molecule has 112 valence electrons. The third kappa shape index (κ3) is 5.09. The van der Waals surface area contributed by atoms with Crippen molar-refractivity contribution in [3.8, 4) is 11.5 Å². The average molecular weight is 417 g/mol. The highest BCUT2D eigenvalue weighted by Gasteiger charge is 2.08. The van der Waals surface area contributed by atoms with Crippen LogP contribution >= 0.6 is 31.9 Å². The van der Waals surface area contributed by atoms with Gasteiger partial charge >= 0.3 is 0 Å². The summed E-state index contributed by atoms with van der Waals surface area (Å²) in [6.45, 7) is 3.78. The molecule has 0 bridgehead atoms. The van der Waals surface area contributed by atoms with Crippen molar-refractivity contribution in [3.05, 3.63) is 56.7 Å². The van der Waals surface area contributed by atoms with Crippen molar-refractivity contribution in [1.29, 1.82) is 0 Å². The Labute approximate surface area is 141 Å². The number of halogens is 3. The van der Waals surface area contributed by atoms with Crippen molar-refractivity contribution < 1.29 is 9.13 Å². The van der Waals surface area contributed by atoms with Crippen LogP contribution in [-0.4, -0.2) is 6.54 Å². The summed E-state index contributed by atoms with van der Waals surface area (Å²) >= 11 is 6.71. The molecule has 0 aliphatic heterocycles. The zero-order valence-corrected chi connectivity index (χ0v) is 14.8. The normalized spacial score (nSPS) is 10.7. The monoisotopic (exact) mass is 415 g/mol. The minimum Gasteiger partial charge on any atom is -0.457 e. The van der Waals surface area contributed by atoms with E-state index in [4.69, 9.17) is 4.74 Å². The smallest absolute Gasteiger partial charge is 0.133 e. The van der Waals surface area contributed by atoms with E-state index in [1.165, 1.54) is 12.1 Å². The van der Waals surface area contributed by atoms with Crippen LogP contribution in [-0.2, 0) is 6.54 Å². The molecule has 2 nitrogen and oxygen atoms in total. The molecule has 0 aliphatic carbocycles. The first-order valence-corrected chi connectivity index (χ1v) is 8.30. The van der Waals surface area contributed by atoms with Crippen LogP contribution in [0.25, 0.3) is 0 Å². The van der Waals surface area contributed by atoms with Crippen molar-refractivity contribution in [3.63, 3.8) is 0 Å². The van der Waals surface area contributed by atoms with Crippen LogP contribution in [0.1, 0.15) is 18.9 Å². The van der Waals surface area contributed by atoms with E-state index in [0.29, 0.717) is 22.5 Å². The largest absolute Gasteiger partial charge is 0.457 e. The molecular formula is C16H16Br2FNO. The molecule has 1 N–H and O–H groups in total. The Hall–Kier alpha value is -0.910. The maximum atomic E-state index is 13.4. The number of ether oxygens (including phenoxy) is 1. The third-order valence-corrected chi connectivity index (χ3v) is 3.79. The Kier molecular flexibility index (Phi) is 6.21. The molecular weight excluding hydrogens is 401 g/mol.